The van der Waals surface area contributed by atoms with E-state index in [1.54, 1.807) is 4.90 Å². The Kier molecular flexibility index (Phi) is 3.95. The van der Waals surface area contributed by atoms with Gasteiger partial charge in [-0.2, -0.15) is 13.2 Å². The van der Waals surface area contributed by atoms with Gasteiger partial charge in [-0.05, 0) is 43.0 Å². The number of rotatable bonds is 2. The average Bonchev–Trinajstić information content (AvgIpc) is 2.39. The Morgan fingerprint density at radius 2 is 1.85 bits per heavy atom. The molecule has 1 aromatic rings. The minimum atomic E-state index is -4.51. The predicted molar refractivity (Wildman–Crippen MR) is 70.0 cm³/mol. The van der Waals surface area contributed by atoms with Gasteiger partial charge in [-0.15, -0.1) is 0 Å². The van der Waals surface area contributed by atoms with Gasteiger partial charge in [0.15, 0.2) is 0 Å². The number of hydrogen-bond donors (Lipinski definition) is 1. The number of nitrogens with two attached hydrogens (primary N) is 1. The molecule has 0 spiro atoms. The van der Waals surface area contributed by atoms with Crippen molar-refractivity contribution in [1.82, 2.24) is 0 Å². The van der Waals surface area contributed by atoms with Gasteiger partial charge in [0.2, 0.25) is 0 Å². The summed E-state index contributed by atoms with van der Waals surface area (Å²) in [7, 11) is 0. The molecule has 0 aliphatic carbocycles. The summed E-state index contributed by atoms with van der Waals surface area (Å²) in [5, 5.41) is 0. The molecule has 2 nitrogen and oxygen atoms in total. The largest absolute Gasteiger partial charge is 0.416 e. The number of hydrogen-bond acceptors (Lipinski definition) is 2. The van der Waals surface area contributed by atoms with Crippen molar-refractivity contribution in [1.29, 1.82) is 0 Å². The smallest absolute Gasteiger partial charge is 0.369 e. The van der Waals surface area contributed by atoms with Crippen LogP contribution < -0.4 is 10.6 Å². The molecule has 0 amide bonds. The lowest BCUT2D eigenvalue weighted by Crippen LogP contribution is -2.42. The number of halogens is 4. The van der Waals surface area contributed by atoms with E-state index in [2.05, 4.69) is 6.92 Å². The van der Waals surface area contributed by atoms with Crippen LogP contribution in [0.3, 0.4) is 0 Å². The van der Waals surface area contributed by atoms with Gasteiger partial charge >= 0.3 is 6.18 Å². The van der Waals surface area contributed by atoms with Gasteiger partial charge in [0.25, 0.3) is 0 Å². The molecule has 112 valence electrons. The summed E-state index contributed by atoms with van der Waals surface area (Å²) in [6, 6.07) is 2.70. The van der Waals surface area contributed by atoms with Crippen LogP contribution >= 0.6 is 0 Å². The van der Waals surface area contributed by atoms with Gasteiger partial charge in [-0.1, -0.05) is 6.92 Å². The molecular weight excluding hydrogens is 272 g/mol. The van der Waals surface area contributed by atoms with Crippen LogP contribution in [0.1, 0.15) is 25.3 Å². The maximum absolute atomic E-state index is 13.9. The molecule has 2 N–H and O–H groups in total. The fourth-order valence-electron chi connectivity index (χ4n) is 2.43. The van der Waals surface area contributed by atoms with Crippen LogP contribution in [0.15, 0.2) is 18.2 Å². The summed E-state index contributed by atoms with van der Waals surface area (Å²) in [4.78, 5) is 1.78. The van der Waals surface area contributed by atoms with Crippen LogP contribution in [0.2, 0.25) is 0 Å². The molecule has 1 aromatic carbocycles. The lowest BCUT2D eigenvalue weighted by atomic mass is 9.80. The molecule has 1 aliphatic rings. The van der Waals surface area contributed by atoms with Gasteiger partial charge in [-0.25, -0.2) is 4.39 Å². The van der Waals surface area contributed by atoms with Crippen LogP contribution in [-0.2, 0) is 6.18 Å². The van der Waals surface area contributed by atoms with E-state index in [1.807, 2.05) is 0 Å². The highest BCUT2D eigenvalue weighted by molar-refractivity contribution is 5.50. The monoisotopic (exact) mass is 290 g/mol. The van der Waals surface area contributed by atoms with E-state index in [4.69, 9.17) is 5.73 Å². The van der Waals surface area contributed by atoms with E-state index in [0.717, 1.165) is 18.9 Å². The molecule has 2 rings (SSSR count). The minimum absolute atomic E-state index is 0.0406. The Hall–Kier alpha value is -1.30. The van der Waals surface area contributed by atoms with Crippen molar-refractivity contribution in [2.75, 3.05) is 24.5 Å². The Morgan fingerprint density at radius 3 is 2.30 bits per heavy atom. The number of benzene rings is 1. The van der Waals surface area contributed by atoms with Gasteiger partial charge < -0.3 is 10.6 Å². The van der Waals surface area contributed by atoms with Gasteiger partial charge in [-0.3, -0.25) is 0 Å². The van der Waals surface area contributed by atoms with Crippen LogP contribution in [0, 0.1) is 11.2 Å². The van der Waals surface area contributed by atoms with E-state index in [1.165, 1.54) is 6.07 Å². The normalized spacial score (nSPS) is 19.2. The second kappa shape index (κ2) is 5.24. The second-order valence-corrected chi connectivity index (χ2v) is 5.67. The van der Waals surface area contributed by atoms with Gasteiger partial charge in [0, 0.05) is 13.1 Å². The molecule has 6 heteroatoms. The first-order valence-electron chi connectivity index (χ1n) is 6.57. The van der Waals surface area contributed by atoms with Crippen LogP contribution in [-0.4, -0.2) is 19.6 Å². The van der Waals surface area contributed by atoms with Crippen molar-refractivity contribution >= 4 is 5.69 Å². The Balaban J connectivity index is 2.15. The topological polar surface area (TPSA) is 29.3 Å². The van der Waals surface area contributed by atoms with Crippen molar-refractivity contribution in [2.45, 2.75) is 25.9 Å². The van der Waals surface area contributed by atoms with Crippen molar-refractivity contribution in [3.8, 4) is 0 Å². The van der Waals surface area contributed by atoms with Crippen LogP contribution in [0.4, 0.5) is 23.2 Å². The van der Waals surface area contributed by atoms with Crippen molar-refractivity contribution in [3.63, 3.8) is 0 Å². The molecule has 0 bridgehead atoms. The highest BCUT2D eigenvalue weighted by atomic mass is 19.4. The number of nitrogens with zero attached hydrogens (tertiary/aromatic N) is 1. The van der Waals surface area contributed by atoms with E-state index >= 15 is 0 Å². The third-order valence-electron chi connectivity index (χ3n) is 4.08. The SMILES string of the molecule is CC1(CN)CCN(c2ccc(C(F)(F)F)cc2F)CC1. The molecule has 0 radical (unpaired) electrons. The number of alkyl halides is 3. The maximum Gasteiger partial charge on any atom is 0.416 e. The maximum atomic E-state index is 13.9. The van der Waals surface area contributed by atoms with E-state index in [9.17, 15) is 17.6 Å². The lowest BCUT2D eigenvalue weighted by Gasteiger charge is -2.39. The lowest BCUT2D eigenvalue weighted by molar-refractivity contribution is -0.137. The Labute approximate surface area is 115 Å². The Bertz CT molecular complexity index is 477. The van der Waals surface area contributed by atoms with Crippen LogP contribution in [0.5, 0.6) is 0 Å². The summed E-state index contributed by atoms with van der Waals surface area (Å²) >= 11 is 0. The third kappa shape index (κ3) is 3.06. The van der Waals surface area contributed by atoms with Crippen molar-refractivity contribution in [2.24, 2.45) is 11.1 Å². The first-order chi connectivity index (χ1) is 9.25. The molecule has 0 atom stereocenters. The summed E-state index contributed by atoms with van der Waals surface area (Å²) in [5.74, 6) is -0.823. The molecule has 1 fully saturated rings. The minimum Gasteiger partial charge on any atom is -0.369 e. The van der Waals surface area contributed by atoms with E-state index in [-0.39, 0.29) is 11.1 Å². The van der Waals surface area contributed by atoms with Gasteiger partial charge in [0.05, 0.1) is 11.3 Å². The molecular formula is C14H18F4N2. The summed E-state index contributed by atoms with van der Waals surface area (Å²) in [6.07, 6.45) is -2.90. The molecule has 1 aliphatic heterocycles. The average molecular weight is 290 g/mol. The molecule has 1 heterocycles. The second-order valence-electron chi connectivity index (χ2n) is 5.67. The number of anilines is 1. The highest BCUT2D eigenvalue weighted by Gasteiger charge is 2.33. The molecule has 20 heavy (non-hydrogen) atoms. The van der Waals surface area contributed by atoms with Crippen molar-refractivity contribution < 1.29 is 17.6 Å². The quantitative estimate of drug-likeness (QED) is 0.846. The summed E-state index contributed by atoms with van der Waals surface area (Å²) in [5.41, 5.74) is 5.02. The molecule has 0 unspecified atom stereocenters. The van der Waals surface area contributed by atoms with E-state index < -0.39 is 17.6 Å². The van der Waals surface area contributed by atoms with Gasteiger partial charge in [0.1, 0.15) is 5.82 Å². The first-order valence-corrected chi connectivity index (χ1v) is 6.57. The first kappa shape index (κ1) is 15.1. The zero-order chi connectivity index (χ0) is 15.0. The molecule has 1 saturated heterocycles. The molecule has 0 aromatic heterocycles. The predicted octanol–water partition coefficient (Wildman–Crippen LogP) is 3.41. The molecule has 0 saturated carbocycles. The standard InChI is InChI=1S/C14H18F4N2/c1-13(9-19)4-6-20(7-5-13)12-3-2-10(8-11(12)15)14(16,17)18/h2-3,8H,4-7,9,19H2,1H3. The summed E-state index contributed by atoms with van der Waals surface area (Å²) < 4.78 is 51.4. The fraction of sp³-hybridized carbons (Fsp3) is 0.571. The zero-order valence-electron chi connectivity index (χ0n) is 11.3. The fourth-order valence-corrected chi connectivity index (χ4v) is 2.43. The Morgan fingerprint density at radius 1 is 1.25 bits per heavy atom. The highest BCUT2D eigenvalue weighted by Crippen LogP contribution is 2.35. The van der Waals surface area contributed by atoms with E-state index in [0.29, 0.717) is 25.7 Å². The zero-order valence-corrected chi connectivity index (χ0v) is 11.3. The third-order valence-corrected chi connectivity index (χ3v) is 4.08. The van der Waals surface area contributed by atoms with Crippen molar-refractivity contribution in [3.05, 3.63) is 29.6 Å². The number of piperidine rings is 1. The summed E-state index contributed by atoms with van der Waals surface area (Å²) in [6.45, 7) is 3.86. The van der Waals surface area contributed by atoms with Crippen LogP contribution in [0.25, 0.3) is 0 Å².